The van der Waals surface area contributed by atoms with E-state index in [2.05, 4.69) is 19.2 Å². The maximum atomic E-state index is 11.6. The highest BCUT2D eigenvalue weighted by molar-refractivity contribution is 5.79. The van der Waals surface area contributed by atoms with Gasteiger partial charge in [-0.2, -0.15) is 0 Å². The molecule has 0 aromatic rings. The summed E-state index contributed by atoms with van der Waals surface area (Å²) in [7, 11) is 0. The summed E-state index contributed by atoms with van der Waals surface area (Å²) in [5, 5.41) is 12.8. The first-order valence-corrected chi connectivity index (χ1v) is 6.69. The maximum absolute atomic E-state index is 11.6. The van der Waals surface area contributed by atoms with Gasteiger partial charge in [0.2, 0.25) is 0 Å². The summed E-state index contributed by atoms with van der Waals surface area (Å²) >= 11 is 0. The van der Waals surface area contributed by atoms with E-state index in [1.807, 2.05) is 20.8 Å². The van der Waals surface area contributed by atoms with Crippen LogP contribution < -0.4 is 5.32 Å². The van der Waals surface area contributed by atoms with Gasteiger partial charge in [-0.25, -0.2) is 0 Å². The van der Waals surface area contributed by atoms with Gasteiger partial charge in [0, 0.05) is 5.54 Å². The second-order valence-electron chi connectivity index (χ2n) is 6.84. The number of aliphatic carboxylic acids is 1. The molecule has 1 rings (SSSR count). The molecular weight excluding hydrogens is 214 g/mol. The van der Waals surface area contributed by atoms with Crippen molar-refractivity contribution in [2.24, 2.45) is 11.8 Å². The third-order valence-electron chi connectivity index (χ3n) is 3.85. The molecule has 1 aliphatic rings. The van der Waals surface area contributed by atoms with Gasteiger partial charge in [-0.1, -0.05) is 13.8 Å². The molecule has 0 saturated heterocycles. The zero-order valence-electron chi connectivity index (χ0n) is 11.8. The lowest BCUT2D eigenvalue weighted by molar-refractivity contribution is -0.148. The summed E-state index contributed by atoms with van der Waals surface area (Å²) in [5.41, 5.74) is -0.854. The number of rotatable bonds is 3. The SMILES string of the molecule is CC(C)C1CCC(NC(C)(C)C)(C(=O)O)CC1. The number of nitrogens with one attached hydrogen (secondary N) is 1. The Morgan fingerprint density at radius 2 is 1.76 bits per heavy atom. The largest absolute Gasteiger partial charge is 0.480 e. The van der Waals surface area contributed by atoms with Crippen molar-refractivity contribution in [3.8, 4) is 0 Å². The molecule has 0 aliphatic heterocycles. The van der Waals surface area contributed by atoms with E-state index in [0.29, 0.717) is 11.8 Å². The minimum absolute atomic E-state index is 0.150. The van der Waals surface area contributed by atoms with Crippen molar-refractivity contribution < 1.29 is 9.90 Å². The molecule has 0 amide bonds. The Labute approximate surface area is 105 Å². The zero-order valence-corrected chi connectivity index (χ0v) is 11.8. The highest BCUT2D eigenvalue weighted by Gasteiger charge is 2.44. The fourth-order valence-corrected chi connectivity index (χ4v) is 2.91. The van der Waals surface area contributed by atoms with Crippen LogP contribution >= 0.6 is 0 Å². The van der Waals surface area contributed by atoms with Crippen LogP contribution in [-0.2, 0) is 4.79 Å². The molecule has 0 aromatic heterocycles. The fourth-order valence-electron chi connectivity index (χ4n) is 2.91. The van der Waals surface area contributed by atoms with E-state index >= 15 is 0 Å². The van der Waals surface area contributed by atoms with Crippen molar-refractivity contribution >= 4 is 5.97 Å². The molecule has 0 unspecified atom stereocenters. The van der Waals surface area contributed by atoms with Gasteiger partial charge >= 0.3 is 5.97 Å². The van der Waals surface area contributed by atoms with Crippen LogP contribution in [-0.4, -0.2) is 22.2 Å². The topological polar surface area (TPSA) is 49.3 Å². The molecular formula is C14H27NO2. The van der Waals surface area contributed by atoms with Crippen LogP contribution in [0.4, 0.5) is 0 Å². The number of carboxylic acid groups (broad SMARTS) is 1. The lowest BCUT2D eigenvalue weighted by Crippen LogP contribution is -2.60. The van der Waals surface area contributed by atoms with Crippen molar-refractivity contribution in [3.63, 3.8) is 0 Å². The third-order valence-corrected chi connectivity index (χ3v) is 3.85. The summed E-state index contributed by atoms with van der Waals surface area (Å²) in [6.45, 7) is 10.6. The van der Waals surface area contributed by atoms with Crippen LogP contribution in [0.5, 0.6) is 0 Å². The first-order chi connectivity index (χ1) is 7.66. The van der Waals surface area contributed by atoms with Gasteiger partial charge in [-0.3, -0.25) is 10.1 Å². The number of carbonyl (C=O) groups is 1. The molecule has 1 fully saturated rings. The monoisotopic (exact) mass is 241 g/mol. The van der Waals surface area contributed by atoms with Crippen LogP contribution in [0.2, 0.25) is 0 Å². The highest BCUT2D eigenvalue weighted by atomic mass is 16.4. The molecule has 100 valence electrons. The second kappa shape index (κ2) is 4.97. The molecule has 0 aromatic carbocycles. The molecule has 1 aliphatic carbocycles. The number of hydrogen-bond donors (Lipinski definition) is 2. The Morgan fingerprint density at radius 1 is 1.29 bits per heavy atom. The van der Waals surface area contributed by atoms with Gasteiger partial charge in [-0.05, 0) is 58.3 Å². The van der Waals surface area contributed by atoms with Gasteiger partial charge in [0.1, 0.15) is 5.54 Å². The first kappa shape index (κ1) is 14.5. The molecule has 0 bridgehead atoms. The summed E-state index contributed by atoms with van der Waals surface area (Å²) in [6, 6.07) is 0. The number of hydrogen-bond acceptors (Lipinski definition) is 2. The van der Waals surface area contributed by atoms with Crippen LogP contribution in [0.1, 0.15) is 60.3 Å². The Morgan fingerprint density at radius 3 is 2.06 bits per heavy atom. The number of carboxylic acids is 1. The minimum Gasteiger partial charge on any atom is -0.480 e. The van der Waals surface area contributed by atoms with E-state index in [4.69, 9.17) is 0 Å². The molecule has 0 heterocycles. The lowest BCUT2D eigenvalue weighted by atomic mass is 9.72. The average Bonchev–Trinajstić information content (AvgIpc) is 2.15. The molecule has 0 atom stereocenters. The Hall–Kier alpha value is -0.570. The van der Waals surface area contributed by atoms with Crippen molar-refractivity contribution in [2.45, 2.75) is 71.4 Å². The Bertz CT molecular complexity index is 270. The van der Waals surface area contributed by atoms with E-state index in [1.165, 1.54) is 0 Å². The highest BCUT2D eigenvalue weighted by Crippen LogP contribution is 2.37. The molecule has 1 saturated carbocycles. The third kappa shape index (κ3) is 3.70. The quantitative estimate of drug-likeness (QED) is 0.798. The average molecular weight is 241 g/mol. The fraction of sp³-hybridized carbons (Fsp3) is 0.929. The van der Waals surface area contributed by atoms with Crippen LogP contribution in [0.3, 0.4) is 0 Å². The predicted octanol–water partition coefficient (Wildman–Crippen LogP) is 3.04. The van der Waals surface area contributed by atoms with Crippen LogP contribution in [0.15, 0.2) is 0 Å². The predicted molar refractivity (Wildman–Crippen MR) is 70.1 cm³/mol. The van der Waals surface area contributed by atoms with Gasteiger partial charge in [0.15, 0.2) is 0 Å². The maximum Gasteiger partial charge on any atom is 0.323 e. The Balaban J connectivity index is 2.74. The summed E-state index contributed by atoms with van der Waals surface area (Å²) in [4.78, 5) is 11.6. The molecule has 2 N–H and O–H groups in total. The van der Waals surface area contributed by atoms with Crippen molar-refractivity contribution in [1.82, 2.24) is 5.32 Å². The minimum atomic E-state index is -0.705. The molecule has 3 heteroatoms. The molecule has 17 heavy (non-hydrogen) atoms. The summed E-state index contributed by atoms with van der Waals surface area (Å²) < 4.78 is 0. The second-order valence-corrected chi connectivity index (χ2v) is 6.84. The lowest BCUT2D eigenvalue weighted by Gasteiger charge is -2.42. The Kier molecular flexibility index (Phi) is 4.23. The summed E-state index contributed by atoms with van der Waals surface area (Å²) in [6.07, 6.45) is 3.55. The zero-order chi connectivity index (χ0) is 13.3. The smallest absolute Gasteiger partial charge is 0.323 e. The first-order valence-electron chi connectivity index (χ1n) is 6.69. The van der Waals surface area contributed by atoms with Crippen molar-refractivity contribution in [2.75, 3.05) is 0 Å². The van der Waals surface area contributed by atoms with E-state index in [0.717, 1.165) is 25.7 Å². The van der Waals surface area contributed by atoms with E-state index in [1.54, 1.807) is 0 Å². The van der Waals surface area contributed by atoms with Crippen molar-refractivity contribution in [3.05, 3.63) is 0 Å². The molecule has 0 radical (unpaired) electrons. The summed E-state index contributed by atoms with van der Waals surface area (Å²) in [5.74, 6) is 0.662. The van der Waals surface area contributed by atoms with Gasteiger partial charge in [0.25, 0.3) is 0 Å². The molecule has 3 nitrogen and oxygen atoms in total. The molecule has 0 spiro atoms. The van der Waals surface area contributed by atoms with Crippen LogP contribution in [0, 0.1) is 11.8 Å². The van der Waals surface area contributed by atoms with Gasteiger partial charge < -0.3 is 5.11 Å². The standard InChI is InChI=1S/C14H27NO2/c1-10(2)11-6-8-14(9-7-11,12(16)17)15-13(3,4)5/h10-11,15H,6-9H2,1-5H3,(H,16,17). The normalized spacial score (nSPS) is 30.6. The van der Waals surface area contributed by atoms with Crippen LogP contribution in [0.25, 0.3) is 0 Å². The van der Waals surface area contributed by atoms with E-state index < -0.39 is 11.5 Å². The van der Waals surface area contributed by atoms with Crippen molar-refractivity contribution in [1.29, 1.82) is 0 Å². The van der Waals surface area contributed by atoms with Gasteiger partial charge in [-0.15, -0.1) is 0 Å². The van der Waals surface area contributed by atoms with Gasteiger partial charge in [0.05, 0.1) is 0 Å². The van der Waals surface area contributed by atoms with E-state index in [9.17, 15) is 9.90 Å². The van der Waals surface area contributed by atoms with E-state index in [-0.39, 0.29) is 5.54 Å².